The zero-order valence-electron chi connectivity index (χ0n) is 33.9. The van der Waals surface area contributed by atoms with Crippen molar-refractivity contribution in [1.29, 1.82) is 0 Å². The molecule has 0 aromatic heterocycles. The standard InChI is InChI=1S/C54H54N2/c1-7-8-9-10-12-42-13-11-14-43(35-42)54(6)52-36-48(55(44-23-15-38(2)16-24-44)45-25-17-39(3)18-26-45)31-33-50(52)51-34-32-49(37-53(51)54)56(46-27-19-40(4)20-28-46)47-29-21-41(5)22-30-47/h11,13-37H,7-10,12H2,1-6H3. The van der Waals surface area contributed by atoms with Gasteiger partial charge in [0.05, 0.1) is 0 Å². The summed E-state index contributed by atoms with van der Waals surface area (Å²) < 4.78 is 0. The number of fused-ring (bicyclic) bond motifs is 3. The summed E-state index contributed by atoms with van der Waals surface area (Å²) in [6, 6.07) is 59.5. The molecule has 1 aliphatic carbocycles. The third-order valence-electron chi connectivity index (χ3n) is 11.9. The molecule has 0 radical (unpaired) electrons. The molecule has 0 bridgehead atoms. The molecule has 280 valence electrons. The summed E-state index contributed by atoms with van der Waals surface area (Å²) in [7, 11) is 0. The molecular formula is C54H54N2. The smallest absolute Gasteiger partial charge is 0.0465 e. The second-order valence-corrected chi connectivity index (χ2v) is 16.1. The first kappa shape index (κ1) is 37.1. The van der Waals surface area contributed by atoms with Crippen LogP contribution in [-0.2, 0) is 11.8 Å². The van der Waals surface area contributed by atoms with Gasteiger partial charge < -0.3 is 9.80 Å². The van der Waals surface area contributed by atoms with E-state index in [1.54, 1.807) is 0 Å². The van der Waals surface area contributed by atoms with Gasteiger partial charge in [0.25, 0.3) is 0 Å². The van der Waals surface area contributed by atoms with Crippen LogP contribution in [0.25, 0.3) is 11.1 Å². The second-order valence-electron chi connectivity index (χ2n) is 16.1. The number of unbranched alkanes of at least 4 members (excludes halogenated alkanes) is 3. The van der Waals surface area contributed by atoms with Crippen LogP contribution in [0.1, 0.15) is 84.0 Å². The number of hydrogen-bond acceptors (Lipinski definition) is 2. The fourth-order valence-corrected chi connectivity index (χ4v) is 8.56. The van der Waals surface area contributed by atoms with Crippen molar-refractivity contribution in [2.45, 2.75) is 79.1 Å². The fraction of sp³-hybridized carbons (Fsp3) is 0.222. The van der Waals surface area contributed by atoms with E-state index in [-0.39, 0.29) is 0 Å². The Hall–Kier alpha value is -5.86. The summed E-state index contributed by atoms with van der Waals surface area (Å²) in [4.78, 5) is 4.82. The second kappa shape index (κ2) is 15.7. The lowest BCUT2D eigenvalue weighted by Crippen LogP contribution is -2.23. The Labute approximate surface area is 335 Å². The van der Waals surface area contributed by atoms with E-state index in [1.807, 2.05) is 0 Å². The lowest BCUT2D eigenvalue weighted by molar-refractivity contribution is 0.664. The molecule has 0 atom stereocenters. The topological polar surface area (TPSA) is 6.48 Å². The molecule has 0 saturated heterocycles. The lowest BCUT2D eigenvalue weighted by Gasteiger charge is -2.32. The molecule has 1 aliphatic rings. The zero-order valence-corrected chi connectivity index (χ0v) is 33.9. The van der Waals surface area contributed by atoms with Gasteiger partial charge in [0.2, 0.25) is 0 Å². The largest absolute Gasteiger partial charge is 0.310 e. The maximum atomic E-state index is 2.50. The Morgan fingerprint density at radius 3 is 1.20 bits per heavy atom. The average molecular weight is 731 g/mol. The van der Waals surface area contributed by atoms with Crippen molar-refractivity contribution in [2.24, 2.45) is 0 Å². The number of rotatable bonds is 12. The van der Waals surface area contributed by atoms with Gasteiger partial charge in [0, 0.05) is 39.5 Å². The van der Waals surface area contributed by atoms with Gasteiger partial charge in [-0.3, -0.25) is 0 Å². The summed E-state index contributed by atoms with van der Waals surface area (Å²) in [5, 5.41) is 0. The number of benzene rings is 7. The Morgan fingerprint density at radius 2 is 0.804 bits per heavy atom. The van der Waals surface area contributed by atoms with Gasteiger partial charge in [-0.05, 0) is 154 Å². The first-order valence-corrected chi connectivity index (χ1v) is 20.5. The molecule has 0 aliphatic heterocycles. The molecule has 2 nitrogen and oxygen atoms in total. The van der Waals surface area contributed by atoms with E-state index in [4.69, 9.17) is 0 Å². The maximum Gasteiger partial charge on any atom is 0.0465 e. The third-order valence-corrected chi connectivity index (χ3v) is 11.9. The van der Waals surface area contributed by atoms with Crippen molar-refractivity contribution < 1.29 is 0 Å². The Kier molecular flexibility index (Phi) is 10.4. The highest BCUT2D eigenvalue weighted by Crippen LogP contribution is 2.55. The van der Waals surface area contributed by atoms with E-state index in [0.717, 1.165) is 40.5 Å². The third kappa shape index (κ3) is 7.17. The minimum Gasteiger partial charge on any atom is -0.310 e. The Bertz CT molecular complexity index is 2200. The van der Waals surface area contributed by atoms with Crippen molar-refractivity contribution in [3.63, 3.8) is 0 Å². The maximum absolute atomic E-state index is 2.50. The molecule has 7 aromatic carbocycles. The molecule has 0 N–H and O–H groups in total. The van der Waals surface area contributed by atoms with Crippen molar-refractivity contribution in [3.8, 4) is 11.1 Å². The van der Waals surface area contributed by atoms with E-state index < -0.39 is 5.41 Å². The highest BCUT2D eigenvalue weighted by Gasteiger charge is 2.42. The molecule has 7 aromatic rings. The quantitative estimate of drug-likeness (QED) is 0.116. The summed E-state index contributed by atoms with van der Waals surface area (Å²) >= 11 is 0. The molecule has 2 heteroatoms. The minimum atomic E-state index is -0.394. The first-order valence-electron chi connectivity index (χ1n) is 20.5. The molecule has 0 spiro atoms. The molecule has 0 unspecified atom stereocenters. The van der Waals surface area contributed by atoms with Gasteiger partial charge >= 0.3 is 0 Å². The van der Waals surface area contributed by atoms with Crippen LogP contribution >= 0.6 is 0 Å². The van der Waals surface area contributed by atoms with E-state index in [2.05, 4.69) is 209 Å². The zero-order chi connectivity index (χ0) is 38.8. The Balaban J connectivity index is 1.32. The van der Waals surface area contributed by atoms with Crippen molar-refractivity contribution in [3.05, 3.63) is 202 Å². The number of anilines is 6. The van der Waals surface area contributed by atoms with Crippen molar-refractivity contribution >= 4 is 34.1 Å². The van der Waals surface area contributed by atoms with E-state index >= 15 is 0 Å². The first-order chi connectivity index (χ1) is 27.2. The number of hydrogen-bond donors (Lipinski definition) is 0. The summed E-state index contributed by atoms with van der Waals surface area (Å²) in [6.07, 6.45) is 6.14. The average Bonchev–Trinajstić information content (AvgIpc) is 3.47. The highest BCUT2D eigenvalue weighted by atomic mass is 15.1. The van der Waals surface area contributed by atoms with E-state index in [0.29, 0.717) is 0 Å². The monoisotopic (exact) mass is 730 g/mol. The number of aryl methyl sites for hydroxylation is 5. The SMILES string of the molecule is CCCCCCc1cccc(C2(C)c3cc(N(c4ccc(C)cc4)c4ccc(C)cc4)ccc3-c3ccc(N(c4ccc(C)cc4)c4ccc(C)cc4)cc32)c1. The molecule has 8 rings (SSSR count). The predicted octanol–water partition coefficient (Wildman–Crippen LogP) is 15.3. The number of nitrogens with zero attached hydrogens (tertiary/aromatic N) is 2. The van der Waals surface area contributed by atoms with Gasteiger partial charge in [-0.2, -0.15) is 0 Å². The van der Waals surface area contributed by atoms with Crippen LogP contribution < -0.4 is 9.80 Å². The van der Waals surface area contributed by atoms with Gasteiger partial charge in [0.15, 0.2) is 0 Å². The van der Waals surface area contributed by atoms with Gasteiger partial charge in [-0.15, -0.1) is 0 Å². The molecule has 0 heterocycles. The Morgan fingerprint density at radius 1 is 0.411 bits per heavy atom. The molecular weight excluding hydrogens is 677 g/mol. The van der Waals surface area contributed by atoms with E-state index in [9.17, 15) is 0 Å². The normalized spacial score (nSPS) is 12.6. The molecule has 0 fully saturated rings. The van der Waals surface area contributed by atoms with Crippen LogP contribution in [-0.4, -0.2) is 0 Å². The summed E-state index contributed by atoms with van der Waals surface area (Å²) in [5.41, 5.74) is 19.6. The van der Waals surface area contributed by atoms with Gasteiger partial charge in [-0.1, -0.05) is 133 Å². The van der Waals surface area contributed by atoms with Crippen molar-refractivity contribution in [2.75, 3.05) is 9.80 Å². The van der Waals surface area contributed by atoms with Crippen LogP contribution in [0, 0.1) is 27.7 Å². The summed E-state index contributed by atoms with van der Waals surface area (Å²) in [5.74, 6) is 0. The highest BCUT2D eigenvalue weighted by molar-refractivity contribution is 5.90. The van der Waals surface area contributed by atoms with Crippen LogP contribution in [0.2, 0.25) is 0 Å². The fourth-order valence-electron chi connectivity index (χ4n) is 8.56. The minimum absolute atomic E-state index is 0.394. The molecule has 0 saturated carbocycles. The van der Waals surface area contributed by atoms with Crippen molar-refractivity contribution in [1.82, 2.24) is 0 Å². The van der Waals surface area contributed by atoms with Crippen LogP contribution in [0.3, 0.4) is 0 Å². The van der Waals surface area contributed by atoms with Crippen LogP contribution in [0.4, 0.5) is 34.1 Å². The lowest BCUT2D eigenvalue weighted by atomic mass is 9.73. The molecule has 0 amide bonds. The van der Waals surface area contributed by atoms with Gasteiger partial charge in [-0.25, -0.2) is 0 Å². The molecule has 56 heavy (non-hydrogen) atoms. The summed E-state index contributed by atoms with van der Waals surface area (Å²) in [6.45, 7) is 13.4. The van der Waals surface area contributed by atoms with Crippen LogP contribution in [0.15, 0.2) is 158 Å². The van der Waals surface area contributed by atoms with Gasteiger partial charge in [0.1, 0.15) is 0 Å². The van der Waals surface area contributed by atoms with Crippen LogP contribution in [0.5, 0.6) is 0 Å². The van der Waals surface area contributed by atoms with E-state index in [1.165, 1.54) is 81.3 Å². The predicted molar refractivity (Wildman–Crippen MR) is 240 cm³/mol.